The van der Waals surface area contributed by atoms with Gasteiger partial charge in [-0.1, -0.05) is 29.4 Å². The maximum atomic E-state index is 13.3. The van der Waals surface area contributed by atoms with Crippen LogP contribution in [0, 0.1) is 11.6 Å². The van der Waals surface area contributed by atoms with Crippen LogP contribution in [0.3, 0.4) is 0 Å². The van der Waals surface area contributed by atoms with Gasteiger partial charge < -0.3 is 9.42 Å². The SMILES string of the molecule is O=C(Cc1cccc(F)c1)N1CC[C@H]1c1nc(-c2cccc(F)c2)no1. The molecule has 1 aliphatic rings. The van der Waals surface area contributed by atoms with Crippen LogP contribution >= 0.6 is 0 Å². The second-order valence-electron chi connectivity index (χ2n) is 6.16. The number of aromatic nitrogens is 2. The van der Waals surface area contributed by atoms with Crippen LogP contribution in [0.15, 0.2) is 53.1 Å². The zero-order chi connectivity index (χ0) is 18.1. The van der Waals surface area contributed by atoms with Crippen LogP contribution in [0.4, 0.5) is 8.78 Å². The largest absolute Gasteiger partial charge is 0.337 e. The summed E-state index contributed by atoms with van der Waals surface area (Å²) in [7, 11) is 0. The highest BCUT2D eigenvalue weighted by Crippen LogP contribution is 2.33. The normalized spacial score (nSPS) is 16.4. The predicted octanol–water partition coefficient (Wildman–Crippen LogP) is 3.53. The van der Waals surface area contributed by atoms with Gasteiger partial charge in [0.15, 0.2) is 0 Å². The second kappa shape index (κ2) is 6.67. The number of hydrogen-bond donors (Lipinski definition) is 0. The summed E-state index contributed by atoms with van der Waals surface area (Å²) in [5, 5.41) is 3.88. The molecule has 1 fully saturated rings. The third-order valence-corrected chi connectivity index (χ3v) is 4.39. The monoisotopic (exact) mass is 355 g/mol. The van der Waals surface area contributed by atoms with Crippen molar-refractivity contribution in [3.63, 3.8) is 0 Å². The number of likely N-dealkylation sites (tertiary alicyclic amines) is 1. The Bertz CT molecular complexity index is 957. The summed E-state index contributed by atoms with van der Waals surface area (Å²) in [4.78, 5) is 18.4. The molecule has 0 spiro atoms. The van der Waals surface area contributed by atoms with E-state index in [1.54, 1.807) is 29.2 Å². The molecule has 0 saturated carbocycles. The number of nitrogens with zero attached hydrogens (tertiary/aromatic N) is 3. The average molecular weight is 355 g/mol. The Morgan fingerprint density at radius 3 is 2.62 bits per heavy atom. The van der Waals surface area contributed by atoms with E-state index in [-0.39, 0.29) is 35.8 Å². The van der Waals surface area contributed by atoms with Gasteiger partial charge in [-0.3, -0.25) is 4.79 Å². The van der Waals surface area contributed by atoms with Crippen molar-refractivity contribution in [1.29, 1.82) is 0 Å². The molecule has 0 unspecified atom stereocenters. The first-order chi connectivity index (χ1) is 12.6. The third-order valence-electron chi connectivity index (χ3n) is 4.39. The van der Waals surface area contributed by atoms with E-state index in [2.05, 4.69) is 10.1 Å². The molecule has 5 nitrogen and oxygen atoms in total. The van der Waals surface area contributed by atoms with Crippen molar-refractivity contribution in [2.45, 2.75) is 18.9 Å². The fourth-order valence-electron chi connectivity index (χ4n) is 2.98. The summed E-state index contributed by atoms with van der Waals surface area (Å²) >= 11 is 0. The lowest BCUT2D eigenvalue weighted by atomic mass is 10.0. The van der Waals surface area contributed by atoms with E-state index < -0.39 is 0 Å². The molecule has 1 saturated heterocycles. The minimum absolute atomic E-state index is 0.110. The van der Waals surface area contributed by atoms with Gasteiger partial charge in [-0.2, -0.15) is 4.98 Å². The Morgan fingerprint density at radius 2 is 1.92 bits per heavy atom. The Labute approximate surface area is 148 Å². The van der Waals surface area contributed by atoms with Gasteiger partial charge in [0.05, 0.1) is 6.42 Å². The zero-order valence-electron chi connectivity index (χ0n) is 13.7. The molecule has 2 aromatic carbocycles. The van der Waals surface area contributed by atoms with Gasteiger partial charge in [0, 0.05) is 12.1 Å². The van der Waals surface area contributed by atoms with E-state index in [9.17, 15) is 13.6 Å². The number of rotatable bonds is 4. The predicted molar refractivity (Wildman–Crippen MR) is 88.9 cm³/mol. The average Bonchev–Trinajstić information content (AvgIpc) is 3.03. The molecular weight excluding hydrogens is 340 g/mol. The molecule has 2 heterocycles. The topological polar surface area (TPSA) is 59.2 Å². The summed E-state index contributed by atoms with van der Waals surface area (Å²) in [6, 6.07) is 11.6. The van der Waals surface area contributed by atoms with Crippen molar-refractivity contribution in [3.8, 4) is 11.4 Å². The molecule has 1 aliphatic heterocycles. The van der Waals surface area contributed by atoms with E-state index in [1.165, 1.54) is 24.3 Å². The Hall–Kier alpha value is -3.09. The number of halogens is 2. The van der Waals surface area contributed by atoms with Crippen molar-refractivity contribution in [3.05, 3.63) is 71.6 Å². The zero-order valence-corrected chi connectivity index (χ0v) is 13.7. The number of carbonyl (C=O) groups is 1. The lowest BCUT2D eigenvalue weighted by Crippen LogP contribution is -2.46. The van der Waals surface area contributed by atoms with Crippen LogP contribution in [-0.4, -0.2) is 27.5 Å². The number of hydrogen-bond acceptors (Lipinski definition) is 4. The Kier molecular flexibility index (Phi) is 4.20. The lowest BCUT2D eigenvalue weighted by molar-refractivity contribution is -0.139. The minimum atomic E-state index is -0.385. The van der Waals surface area contributed by atoms with Gasteiger partial charge in [-0.05, 0) is 36.2 Å². The van der Waals surface area contributed by atoms with E-state index in [1.807, 2.05) is 0 Å². The maximum Gasteiger partial charge on any atom is 0.249 e. The van der Waals surface area contributed by atoms with Crippen LogP contribution < -0.4 is 0 Å². The highest BCUT2D eigenvalue weighted by atomic mass is 19.1. The van der Waals surface area contributed by atoms with Crippen molar-refractivity contribution < 1.29 is 18.1 Å². The molecule has 0 N–H and O–H groups in total. The minimum Gasteiger partial charge on any atom is -0.337 e. The number of amides is 1. The van der Waals surface area contributed by atoms with Gasteiger partial charge in [0.1, 0.15) is 17.7 Å². The smallest absolute Gasteiger partial charge is 0.249 e. The first-order valence-electron chi connectivity index (χ1n) is 8.23. The quantitative estimate of drug-likeness (QED) is 0.718. The van der Waals surface area contributed by atoms with Gasteiger partial charge in [-0.25, -0.2) is 8.78 Å². The first kappa shape index (κ1) is 16.4. The fraction of sp³-hybridized carbons (Fsp3) is 0.211. The highest BCUT2D eigenvalue weighted by molar-refractivity contribution is 5.80. The van der Waals surface area contributed by atoms with E-state index in [0.29, 0.717) is 30.0 Å². The molecule has 132 valence electrons. The van der Waals surface area contributed by atoms with Crippen LogP contribution in [-0.2, 0) is 11.2 Å². The van der Waals surface area contributed by atoms with Gasteiger partial charge >= 0.3 is 0 Å². The molecule has 0 radical (unpaired) electrons. The molecule has 1 aromatic heterocycles. The van der Waals surface area contributed by atoms with Gasteiger partial charge in [0.2, 0.25) is 17.6 Å². The first-order valence-corrected chi connectivity index (χ1v) is 8.23. The van der Waals surface area contributed by atoms with Gasteiger partial charge in [0.25, 0.3) is 0 Å². The Morgan fingerprint density at radius 1 is 1.15 bits per heavy atom. The maximum absolute atomic E-state index is 13.3. The van der Waals surface area contributed by atoms with E-state index in [4.69, 9.17) is 4.52 Å². The van der Waals surface area contributed by atoms with E-state index >= 15 is 0 Å². The second-order valence-corrected chi connectivity index (χ2v) is 6.16. The standard InChI is InChI=1S/C19H15F2N3O2/c20-14-5-1-3-12(9-14)10-17(25)24-8-7-16(24)19-22-18(23-26-19)13-4-2-6-15(21)11-13/h1-6,9,11,16H,7-8,10H2/t16-/m0/s1. The molecule has 1 atom stereocenters. The number of carbonyl (C=O) groups excluding carboxylic acids is 1. The summed E-state index contributed by atoms with van der Waals surface area (Å²) < 4.78 is 31.9. The lowest BCUT2D eigenvalue weighted by Gasteiger charge is -2.38. The summed E-state index contributed by atoms with van der Waals surface area (Å²) in [5.74, 6) is -0.277. The molecular formula is C19H15F2N3O2. The molecule has 1 amide bonds. The van der Waals surface area contributed by atoms with Crippen LogP contribution in [0.1, 0.15) is 23.9 Å². The van der Waals surface area contributed by atoms with Crippen molar-refractivity contribution in [2.75, 3.05) is 6.54 Å². The van der Waals surface area contributed by atoms with Crippen LogP contribution in [0.5, 0.6) is 0 Å². The van der Waals surface area contributed by atoms with E-state index in [0.717, 1.165) is 0 Å². The summed E-state index contributed by atoms with van der Waals surface area (Å²) in [6.45, 7) is 0.580. The molecule has 3 aromatic rings. The highest BCUT2D eigenvalue weighted by Gasteiger charge is 2.37. The molecule has 4 rings (SSSR count). The Balaban J connectivity index is 1.48. The fourth-order valence-corrected chi connectivity index (χ4v) is 2.98. The molecule has 0 aliphatic carbocycles. The van der Waals surface area contributed by atoms with Gasteiger partial charge in [-0.15, -0.1) is 0 Å². The van der Waals surface area contributed by atoms with Crippen LogP contribution in [0.2, 0.25) is 0 Å². The van der Waals surface area contributed by atoms with Crippen molar-refractivity contribution >= 4 is 5.91 Å². The van der Waals surface area contributed by atoms with Crippen molar-refractivity contribution in [1.82, 2.24) is 15.0 Å². The third kappa shape index (κ3) is 3.20. The summed E-state index contributed by atoms with van der Waals surface area (Å²) in [6.07, 6.45) is 0.818. The van der Waals surface area contributed by atoms with Crippen LogP contribution in [0.25, 0.3) is 11.4 Å². The van der Waals surface area contributed by atoms with Crippen molar-refractivity contribution in [2.24, 2.45) is 0 Å². The summed E-state index contributed by atoms with van der Waals surface area (Å²) in [5.41, 5.74) is 1.13. The molecule has 0 bridgehead atoms. The number of benzene rings is 2. The molecule has 26 heavy (non-hydrogen) atoms. The molecule has 7 heteroatoms.